The van der Waals surface area contributed by atoms with Crippen LogP contribution < -0.4 is 5.32 Å². The maximum atomic E-state index is 13.7. The van der Waals surface area contributed by atoms with Crippen molar-refractivity contribution < 1.29 is 14.0 Å². The standard InChI is InChI=1S/C21H25FN2O2S/c1-14(2)8-9-23-20(25)18-13-24(21(26)19-7-4-10-27-19)12-17(18)15-5-3-6-16(22)11-15/h3-7,10-11,14,17-18H,8-9,12-13H2,1-2H3,(H,23,25). The van der Waals surface area contributed by atoms with Crippen molar-refractivity contribution in [1.29, 1.82) is 0 Å². The van der Waals surface area contributed by atoms with Gasteiger partial charge in [-0.05, 0) is 41.5 Å². The van der Waals surface area contributed by atoms with Gasteiger partial charge in [0, 0.05) is 25.6 Å². The second-order valence-corrected chi connectivity index (χ2v) is 8.38. The molecule has 1 aliphatic heterocycles. The predicted molar refractivity (Wildman–Crippen MR) is 105 cm³/mol. The van der Waals surface area contributed by atoms with E-state index in [2.05, 4.69) is 19.2 Å². The lowest BCUT2D eigenvalue weighted by Crippen LogP contribution is -2.36. The van der Waals surface area contributed by atoms with Gasteiger partial charge in [-0.25, -0.2) is 4.39 Å². The summed E-state index contributed by atoms with van der Waals surface area (Å²) in [7, 11) is 0. The number of hydrogen-bond donors (Lipinski definition) is 1. The Kier molecular flexibility index (Phi) is 6.26. The van der Waals surface area contributed by atoms with E-state index >= 15 is 0 Å². The van der Waals surface area contributed by atoms with Gasteiger partial charge < -0.3 is 10.2 Å². The first kappa shape index (κ1) is 19.5. The molecule has 2 unspecified atom stereocenters. The number of carbonyl (C=O) groups excluding carboxylic acids is 2. The van der Waals surface area contributed by atoms with Crippen LogP contribution in [0.25, 0.3) is 0 Å². The molecule has 0 bridgehead atoms. The maximum absolute atomic E-state index is 13.7. The first-order valence-electron chi connectivity index (χ1n) is 9.31. The van der Waals surface area contributed by atoms with E-state index in [1.807, 2.05) is 17.5 Å². The van der Waals surface area contributed by atoms with Gasteiger partial charge in [-0.1, -0.05) is 32.0 Å². The van der Waals surface area contributed by atoms with Crippen LogP contribution in [-0.4, -0.2) is 36.3 Å². The van der Waals surface area contributed by atoms with Crippen LogP contribution >= 0.6 is 11.3 Å². The number of thiophene rings is 1. The lowest BCUT2D eigenvalue weighted by Gasteiger charge is -2.18. The fourth-order valence-electron chi connectivity index (χ4n) is 3.48. The number of benzene rings is 1. The minimum atomic E-state index is -0.372. The quantitative estimate of drug-likeness (QED) is 0.816. The first-order chi connectivity index (χ1) is 13.0. The molecule has 1 saturated heterocycles. The van der Waals surface area contributed by atoms with E-state index in [1.54, 1.807) is 17.0 Å². The molecule has 1 aromatic heterocycles. The van der Waals surface area contributed by atoms with Crippen molar-refractivity contribution in [3.63, 3.8) is 0 Å². The Morgan fingerprint density at radius 2 is 2.07 bits per heavy atom. The highest BCUT2D eigenvalue weighted by atomic mass is 32.1. The molecule has 6 heteroatoms. The molecule has 4 nitrogen and oxygen atoms in total. The number of rotatable bonds is 6. The maximum Gasteiger partial charge on any atom is 0.263 e. The minimum absolute atomic E-state index is 0.0635. The number of nitrogens with one attached hydrogen (secondary N) is 1. The molecule has 1 fully saturated rings. The highest BCUT2D eigenvalue weighted by Crippen LogP contribution is 2.34. The Morgan fingerprint density at radius 3 is 2.74 bits per heavy atom. The topological polar surface area (TPSA) is 49.4 Å². The van der Waals surface area contributed by atoms with Crippen LogP contribution in [0, 0.1) is 17.7 Å². The molecule has 144 valence electrons. The van der Waals surface area contributed by atoms with Gasteiger partial charge in [-0.15, -0.1) is 11.3 Å². The largest absolute Gasteiger partial charge is 0.356 e. The van der Waals surface area contributed by atoms with Crippen LogP contribution in [-0.2, 0) is 4.79 Å². The number of hydrogen-bond acceptors (Lipinski definition) is 3. The first-order valence-corrected chi connectivity index (χ1v) is 10.2. The van der Waals surface area contributed by atoms with Crippen LogP contribution in [0.4, 0.5) is 4.39 Å². The summed E-state index contributed by atoms with van der Waals surface area (Å²) >= 11 is 1.39. The van der Waals surface area contributed by atoms with Crippen LogP contribution in [0.15, 0.2) is 41.8 Å². The molecule has 0 radical (unpaired) electrons. The van der Waals surface area contributed by atoms with Crippen molar-refractivity contribution in [3.05, 3.63) is 58.0 Å². The lowest BCUT2D eigenvalue weighted by molar-refractivity contribution is -0.124. The summed E-state index contributed by atoms with van der Waals surface area (Å²) in [6, 6.07) is 9.99. The third kappa shape index (κ3) is 4.75. The van der Waals surface area contributed by atoms with Crippen molar-refractivity contribution in [2.75, 3.05) is 19.6 Å². The fraction of sp³-hybridized carbons (Fsp3) is 0.429. The van der Waals surface area contributed by atoms with Gasteiger partial charge >= 0.3 is 0 Å². The summed E-state index contributed by atoms with van der Waals surface area (Å²) in [5.41, 5.74) is 0.764. The molecule has 2 heterocycles. The molecule has 27 heavy (non-hydrogen) atoms. The van der Waals surface area contributed by atoms with Gasteiger partial charge in [0.1, 0.15) is 5.82 Å². The van der Waals surface area contributed by atoms with Crippen LogP contribution in [0.1, 0.15) is 41.4 Å². The van der Waals surface area contributed by atoms with Crippen molar-refractivity contribution >= 4 is 23.2 Å². The number of likely N-dealkylation sites (tertiary alicyclic amines) is 1. The average Bonchev–Trinajstić information content (AvgIpc) is 3.31. The summed E-state index contributed by atoms with van der Waals surface area (Å²) in [5.74, 6) is -0.527. The molecule has 2 atom stereocenters. The summed E-state index contributed by atoms with van der Waals surface area (Å²) in [5, 5.41) is 4.86. The summed E-state index contributed by atoms with van der Waals surface area (Å²) < 4.78 is 13.7. The average molecular weight is 389 g/mol. The third-order valence-corrected chi connectivity index (χ3v) is 5.83. The van der Waals surface area contributed by atoms with Gasteiger partial charge in [0.15, 0.2) is 0 Å². The smallest absolute Gasteiger partial charge is 0.263 e. The predicted octanol–water partition coefficient (Wildman–Crippen LogP) is 3.91. The Balaban J connectivity index is 1.78. The monoisotopic (exact) mass is 388 g/mol. The zero-order valence-electron chi connectivity index (χ0n) is 15.7. The number of halogens is 1. The molecule has 3 rings (SSSR count). The Morgan fingerprint density at radius 1 is 1.26 bits per heavy atom. The summed E-state index contributed by atoms with van der Waals surface area (Å²) in [4.78, 5) is 27.9. The summed E-state index contributed by atoms with van der Waals surface area (Å²) in [6.07, 6.45) is 0.904. The summed E-state index contributed by atoms with van der Waals surface area (Å²) in [6.45, 7) is 5.60. The second kappa shape index (κ2) is 8.65. The van der Waals surface area contributed by atoms with Crippen molar-refractivity contribution in [2.45, 2.75) is 26.2 Å². The fourth-order valence-corrected chi connectivity index (χ4v) is 4.17. The molecular weight excluding hydrogens is 363 g/mol. The van der Waals surface area contributed by atoms with Crippen molar-refractivity contribution in [1.82, 2.24) is 10.2 Å². The number of nitrogens with zero attached hydrogens (tertiary/aromatic N) is 1. The van der Waals surface area contributed by atoms with Gasteiger partial charge in [0.25, 0.3) is 5.91 Å². The van der Waals surface area contributed by atoms with E-state index in [0.717, 1.165) is 12.0 Å². The van der Waals surface area contributed by atoms with Gasteiger partial charge in [-0.2, -0.15) is 0 Å². The van der Waals surface area contributed by atoms with Gasteiger partial charge in [-0.3, -0.25) is 9.59 Å². The normalized spacial score (nSPS) is 19.5. The molecule has 2 amide bonds. The van der Waals surface area contributed by atoms with E-state index in [-0.39, 0.29) is 29.5 Å². The van der Waals surface area contributed by atoms with Gasteiger partial charge in [0.05, 0.1) is 10.8 Å². The highest BCUT2D eigenvalue weighted by Gasteiger charge is 2.40. The van der Waals surface area contributed by atoms with E-state index in [1.165, 1.54) is 23.5 Å². The van der Waals surface area contributed by atoms with Gasteiger partial charge in [0.2, 0.25) is 5.91 Å². The Hall–Kier alpha value is -2.21. The lowest BCUT2D eigenvalue weighted by atomic mass is 9.88. The molecule has 1 aromatic carbocycles. The second-order valence-electron chi connectivity index (χ2n) is 7.43. The Bertz CT molecular complexity index is 791. The van der Waals surface area contributed by atoms with Crippen LogP contribution in [0.5, 0.6) is 0 Å². The Labute approximate surface area is 163 Å². The molecule has 0 saturated carbocycles. The zero-order valence-corrected chi connectivity index (χ0v) is 16.5. The van der Waals surface area contributed by atoms with E-state index in [4.69, 9.17) is 0 Å². The van der Waals surface area contributed by atoms with E-state index in [9.17, 15) is 14.0 Å². The molecule has 2 aromatic rings. The number of carbonyl (C=O) groups is 2. The van der Waals surface area contributed by atoms with E-state index < -0.39 is 0 Å². The van der Waals surface area contributed by atoms with Crippen LogP contribution in [0.2, 0.25) is 0 Å². The molecular formula is C21H25FN2O2S. The molecule has 0 spiro atoms. The zero-order chi connectivity index (χ0) is 19.4. The van der Waals surface area contributed by atoms with Crippen LogP contribution in [0.3, 0.4) is 0 Å². The molecule has 1 aliphatic rings. The minimum Gasteiger partial charge on any atom is -0.356 e. The van der Waals surface area contributed by atoms with Crippen molar-refractivity contribution in [2.24, 2.45) is 11.8 Å². The molecule has 1 N–H and O–H groups in total. The molecule has 0 aliphatic carbocycles. The van der Waals surface area contributed by atoms with E-state index in [0.29, 0.717) is 30.4 Å². The number of amides is 2. The SMILES string of the molecule is CC(C)CCNC(=O)C1CN(C(=O)c2cccs2)CC1c1cccc(F)c1. The highest BCUT2D eigenvalue weighted by molar-refractivity contribution is 7.12. The van der Waals surface area contributed by atoms with Crippen molar-refractivity contribution in [3.8, 4) is 0 Å². The third-order valence-electron chi connectivity index (χ3n) is 4.97.